The quantitative estimate of drug-likeness (QED) is 0.193. The van der Waals surface area contributed by atoms with Gasteiger partial charge in [0.15, 0.2) is 0 Å². The topological polar surface area (TPSA) is 142 Å². The Balaban J connectivity index is 1.89. The molecule has 1 aromatic heterocycles. The molecule has 0 saturated heterocycles. The molecule has 0 amide bonds. The molecule has 0 atom stereocenters. The first-order chi connectivity index (χ1) is 17.2. The summed E-state index contributed by atoms with van der Waals surface area (Å²) in [5.74, 6) is 1.73. The average Bonchev–Trinajstić information content (AvgIpc) is 2.87. The van der Waals surface area contributed by atoms with E-state index in [-0.39, 0.29) is 11.6 Å². The molecule has 36 heavy (non-hydrogen) atoms. The molecule has 3 N–H and O–H groups in total. The van der Waals surface area contributed by atoms with Crippen LogP contribution in [0.3, 0.4) is 0 Å². The summed E-state index contributed by atoms with van der Waals surface area (Å²) < 4.78 is 10.7. The Morgan fingerprint density at radius 2 is 1.83 bits per heavy atom. The van der Waals surface area contributed by atoms with E-state index in [9.17, 15) is 10.1 Å². The van der Waals surface area contributed by atoms with Gasteiger partial charge in [-0.1, -0.05) is 0 Å². The number of nitro groups is 1. The molecule has 0 spiro atoms. The number of rotatable bonds is 12. The molecule has 0 unspecified atom stereocenters. The molecular formula is C24H30N8O4. The Kier molecular flexibility index (Phi) is 8.57. The smallest absolute Gasteiger partial charge is 0.294 e. The second kappa shape index (κ2) is 11.8. The van der Waals surface area contributed by atoms with Crippen LogP contribution in [0.1, 0.15) is 5.56 Å². The van der Waals surface area contributed by atoms with Crippen LogP contribution in [0.25, 0.3) is 0 Å². The number of methoxy groups -OCH3 is 2. The van der Waals surface area contributed by atoms with Crippen molar-refractivity contribution in [3.63, 3.8) is 0 Å². The summed E-state index contributed by atoms with van der Waals surface area (Å²) in [6.45, 7) is 1.33. The van der Waals surface area contributed by atoms with E-state index in [4.69, 9.17) is 14.9 Å². The molecule has 0 saturated carbocycles. The lowest BCUT2D eigenvalue weighted by Gasteiger charge is -2.22. The molecule has 2 aromatic carbocycles. The zero-order valence-corrected chi connectivity index (χ0v) is 20.9. The van der Waals surface area contributed by atoms with Gasteiger partial charge in [0.05, 0.1) is 24.8 Å². The second-order valence-corrected chi connectivity index (χ2v) is 8.14. The van der Waals surface area contributed by atoms with Gasteiger partial charge in [-0.25, -0.2) is 4.98 Å². The highest BCUT2D eigenvalue weighted by molar-refractivity contribution is 5.88. The van der Waals surface area contributed by atoms with Gasteiger partial charge in [0.2, 0.25) is 5.95 Å². The van der Waals surface area contributed by atoms with Gasteiger partial charge in [0, 0.05) is 55.9 Å². The van der Waals surface area contributed by atoms with E-state index in [1.165, 1.54) is 19.4 Å². The van der Waals surface area contributed by atoms with Crippen LogP contribution in [0.15, 0.2) is 42.6 Å². The molecule has 0 bridgehead atoms. The average molecular weight is 495 g/mol. The van der Waals surface area contributed by atoms with Crippen LogP contribution in [-0.2, 0) is 0 Å². The summed E-state index contributed by atoms with van der Waals surface area (Å²) in [5, 5.41) is 25.7. The van der Waals surface area contributed by atoms with Crippen LogP contribution in [0, 0.1) is 15.5 Å². The number of ether oxygens (including phenoxy) is 2. The molecule has 0 aliphatic carbocycles. The fourth-order valence-corrected chi connectivity index (χ4v) is 3.39. The molecule has 0 fully saturated rings. The number of anilines is 5. The maximum Gasteiger partial charge on any atom is 0.294 e. The molecule has 190 valence electrons. The molecule has 3 aromatic rings. The predicted octanol–water partition coefficient (Wildman–Crippen LogP) is 3.88. The summed E-state index contributed by atoms with van der Waals surface area (Å²) in [7, 11) is 8.75. The summed E-state index contributed by atoms with van der Waals surface area (Å²) in [4.78, 5) is 24.0. The molecular weight excluding hydrogens is 464 g/mol. The van der Waals surface area contributed by atoms with Gasteiger partial charge in [-0.05, 0) is 38.4 Å². The van der Waals surface area contributed by atoms with E-state index >= 15 is 0 Å². The van der Waals surface area contributed by atoms with Crippen molar-refractivity contribution in [1.29, 1.82) is 5.41 Å². The Bertz CT molecular complexity index is 1230. The lowest BCUT2D eigenvalue weighted by Crippen LogP contribution is -2.28. The number of nitrogens with zero attached hydrogens (tertiary/aromatic N) is 5. The number of aromatic nitrogens is 2. The van der Waals surface area contributed by atoms with Crippen molar-refractivity contribution in [2.24, 2.45) is 0 Å². The van der Waals surface area contributed by atoms with Crippen LogP contribution >= 0.6 is 0 Å². The maximum absolute atomic E-state index is 11.9. The van der Waals surface area contributed by atoms with Crippen LogP contribution in [0.4, 0.5) is 34.5 Å². The zero-order valence-electron chi connectivity index (χ0n) is 20.9. The van der Waals surface area contributed by atoms with E-state index in [0.717, 1.165) is 6.54 Å². The Labute approximate surface area is 209 Å². The van der Waals surface area contributed by atoms with Gasteiger partial charge >= 0.3 is 0 Å². The van der Waals surface area contributed by atoms with E-state index in [2.05, 4.69) is 20.6 Å². The zero-order chi connectivity index (χ0) is 26.2. The van der Waals surface area contributed by atoms with Gasteiger partial charge in [-0.15, -0.1) is 0 Å². The highest BCUT2D eigenvalue weighted by Crippen LogP contribution is 2.39. The maximum atomic E-state index is 11.9. The lowest BCUT2D eigenvalue weighted by molar-refractivity contribution is -0.384. The number of nitrogens with one attached hydrogen (secondary N) is 3. The first-order valence-corrected chi connectivity index (χ1v) is 11.0. The van der Waals surface area contributed by atoms with Crippen molar-refractivity contribution in [3.8, 4) is 11.5 Å². The van der Waals surface area contributed by atoms with Gasteiger partial charge in [-0.2, -0.15) is 4.98 Å². The molecule has 0 aliphatic rings. The Morgan fingerprint density at radius 1 is 1.06 bits per heavy atom. The van der Waals surface area contributed by atoms with E-state index in [1.54, 1.807) is 50.7 Å². The molecule has 12 nitrogen and oxygen atoms in total. The molecule has 12 heteroatoms. The van der Waals surface area contributed by atoms with Crippen molar-refractivity contribution < 1.29 is 14.4 Å². The minimum atomic E-state index is -0.423. The lowest BCUT2D eigenvalue weighted by atomic mass is 10.2. The highest BCUT2D eigenvalue weighted by Gasteiger charge is 2.22. The largest absolute Gasteiger partial charge is 0.497 e. The Hall–Kier alpha value is -4.45. The number of hydrogen-bond donors (Lipinski definition) is 3. The number of benzene rings is 2. The minimum absolute atomic E-state index is 0.0670. The third kappa shape index (κ3) is 6.36. The predicted molar refractivity (Wildman–Crippen MR) is 141 cm³/mol. The normalized spacial score (nSPS) is 10.6. The first kappa shape index (κ1) is 26.2. The third-order valence-corrected chi connectivity index (χ3v) is 5.37. The van der Waals surface area contributed by atoms with Crippen molar-refractivity contribution in [3.05, 3.63) is 58.3 Å². The van der Waals surface area contributed by atoms with E-state index < -0.39 is 4.92 Å². The fourth-order valence-electron chi connectivity index (χ4n) is 3.39. The van der Waals surface area contributed by atoms with E-state index in [0.29, 0.717) is 46.5 Å². The summed E-state index contributed by atoms with van der Waals surface area (Å²) >= 11 is 0. The fraction of sp³-hybridized carbons (Fsp3) is 0.292. The van der Waals surface area contributed by atoms with Gasteiger partial charge in [0.25, 0.3) is 5.69 Å². The summed E-state index contributed by atoms with van der Waals surface area (Å²) in [6.07, 6.45) is 2.77. The molecule has 0 aliphatic heterocycles. The number of likely N-dealkylation sites (N-methyl/N-ethyl adjacent to an activating group) is 2. The first-order valence-electron chi connectivity index (χ1n) is 11.0. The standard InChI is InChI=1S/C24H30N8O4/c1-30(2)10-11-31(3)20-14-22(36-5)19(13-21(20)32(33)34)28-24-26-9-8-23(29-24)27-18-7-6-17(35-4)12-16(18)15-25/h6-9,12-15,25H,10-11H2,1-5H3,(H2,26,27,28,29). The second-order valence-electron chi connectivity index (χ2n) is 8.14. The summed E-state index contributed by atoms with van der Waals surface area (Å²) in [5.41, 5.74) is 2.01. The van der Waals surface area contributed by atoms with Crippen molar-refractivity contribution in [1.82, 2.24) is 14.9 Å². The Morgan fingerprint density at radius 3 is 2.47 bits per heavy atom. The van der Waals surface area contributed by atoms with Crippen LogP contribution in [-0.4, -0.2) is 74.5 Å². The van der Waals surface area contributed by atoms with Crippen molar-refractivity contribution in [2.75, 3.05) is 64.0 Å². The monoisotopic (exact) mass is 494 g/mol. The van der Waals surface area contributed by atoms with Crippen LogP contribution in [0.5, 0.6) is 11.5 Å². The highest BCUT2D eigenvalue weighted by atomic mass is 16.6. The third-order valence-electron chi connectivity index (χ3n) is 5.37. The molecule has 1 heterocycles. The number of hydrogen-bond acceptors (Lipinski definition) is 11. The summed E-state index contributed by atoms with van der Waals surface area (Å²) in [6, 6.07) is 10.0. The van der Waals surface area contributed by atoms with Crippen molar-refractivity contribution in [2.45, 2.75) is 0 Å². The van der Waals surface area contributed by atoms with Gasteiger partial charge in [-0.3, -0.25) is 10.1 Å². The van der Waals surface area contributed by atoms with Crippen LogP contribution in [0.2, 0.25) is 0 Å². The van der Waals surface area contributed by atoms with Gasteiger partial charge in [0.1, 0.15) is 23.0 Å². The van der Waals surface area contributed by atoms with Gasteiger partial charge < -0.3 is 35.3 Å². The van der Waals surface area contributed by atoms with Crippen LogP contribution < -0.4 is 25.0 Å². The minimum Gasteiger partial charge on any atom is -0.497 e. The van der Waals surface area contributed by atoms with E-state index in [1.807, 2.05) is 23.9 Å². The molecule has 3 rings (SSSR count). The SMILES string of the molecule is COc1ccc(Nc2ccnc(Nc3cc([N+](=O)[O-])c(N(C)CCN(C)C)cc3OC)n2)c(C=N)c1. The molecule has 0 radical (unpaired) electrons. The van der Waals surface area contributed by atoms with Crippen molar-refractivity contribution >= 4 is 40.7 Å². The number of nitro benzene ring substituents is 1.